The van der Waals surface area contributed by atoms with E-state index in [1.807, 2.05) is 12.1 Å². The molecule has 150 valence electrons. The van der Waals surface area contributed by atoms with Crippen LogP contribution in [0.5, 0.6) is 0 Å². The Morgan fingerprint density at radius 1 is 1.10 bits per heavy atom. The molecule has 1 saturated heterocycles. The van der Waals surface area contributed by atoms with Crippen molar-refractivity contribution in [2.24, 2.45) is 0 Å². The van der Waals surface area contributed by atoms with Gasteiger partial charge in [-0.05, 0) is 59.8 Å². The standard InChI is InChI=1S/C22H14ClNO4S2/c23-16-7-1-13(2-8-16)12-24-20(29)19(30-22(24)27)11-17-9-10-18(28-17)14-3-5-15(6-4-14)21(25)26/h1-11H,12H2,(H,25,26)/b19-11-. The normalized spacial score (nSPS) is 15.2. The van der Waals surface area contributed by atoms with Crippen molar-refractivity contribution in [2.75, 3.05) is 0 Å². The van der Waals surface area contributed by atoms with E-state index in [1.165, 1.54) is 12.1 Å². The molecule has 4 rings (SSSR count). The van der Waals surface area contributed by atoms with Crippen LogP contribution in [0.1, 0.15) is 21.7 Å². The molecule has 0 saturated carbocycles. The minimum Gasteiger partial charge on any atom is -0.478 e. The van der Waals surface area contributed by atoms with Crippen molar-refractivity contribution in [3.63, 3.8) is 0 Å². The Morgan fingerprint density at radius 2 is 1.80 bits per heavy atom. The molecule has 3 aromatic rings. The van der Waals surface area contributed by atoms with Gasteiger partial charge in [-0.2, -0.15) is 0 Å². The molecule has 30 heavy (non-hydrogen) atoms. The SMILES string of the molecule is O=C(O)c1ccc(-c2ccc(/C=C3\SC(=O)N(Cc4ccc(Cl)cc4)C3=S)o2)cc1. The number of rotatable bonds is 5. The van der Waals surface area contributed by atoms with E-state index in [2.05, 4.69) is 0 Å². The first-order valence-corrected chi connectivity index (χ1v) is 10.4. The number of hydrogen-bond donors (Lipinski definition) is 1. The highest BCUT2D eigenvalue weighted by Crippen LogP contribution is 2.35. The Bertz CT molecular complexity index is 1170. The highest BCUT2D eigenvalue weighted by atomic mass is 35.5. The largest absolute Gasteiger partial charge is 0.478 e. The molecule has 2 heterocycles. The number of carboxylic acid groups (broad SMARTS) is 1. The maximum absolute atomic E-state index is 12.4. The van der Waals surface area contributed by atoms with Crippen molar-refractivity contribution in [1.29, 1.82) is 0 Å². The molecule has 1 amide bonds. The molecule has 0 unspecified atom stereocenters. The van der Waals surface area contributed by atoms with Gasteiger partial charge in [0.05, 0.1) is 17.0 Å². The number of benzene rings is 2. The Labute approximate surface area is 186 Å². The van der Waals surface area contributed by atoms with Gasteiger partial charge in [-0.15, -0.1) is 0 Å². The molecule has 5 nitrogen and oxygen atoms in total. The molecule has 0 spiro atoms. The number of hydrogen-bond acceptors (Lipinski definition) is 5. The molecule has 1 aliphatic rings. The predicted molar refractivity (Wildman–Crippen MR) is 122 cm³/mol. The Morgan fingerprint density at radius 3 is 2.47 bits per heavy atom. The fraction of sp³-hybridized carbons (Fsp3) is 0.0455. The summed E-state index contributed by atoms with van der Waals surface area (Å²) in [6, 6.07) is 17.3. The van der Waals surface area contributed by atoms with E-state index in [1.54, 1.807) is 47.4 Å². The van der Waals surface area contributed by atoms with Crippen molar-refractivity contribution >= 4 is 57.9 Å². The first-order chi connectivity index (χ1) is 14.4. The van der Waals surface area contributed by atoms with Crippen LogP contribution in [0.3, 0.4) is 0 Å². The van der Waals surface area contributed by atoms with E-state index in [4.69, 9.17) is 33.3 Å². The number of carboxylic acids is 1. The van der Waals surface area contributed by atoms with Gasteiger partial charge in [0.1, 0.15) is 16.5 Å². The molecular formula is C22H14ClNO4S2. The first kappa shape index (κ1) is 20.4. The molecule has 0 atom stereocenters. The molecule has 0 radical (unpaired) electrons. The van der Waals surface area contributed by atoms with Crippen LogP contribution in [0, 0.1) is 0 Å². The van der Waals surface area contributed by atoms with Crippen LogP contribution in [0.4, 0.5) is 4.79 Å². The summed E-state index contributed by atoms with van der Waals surface area (Å²) in [6.45, 7) is 0.374. The average Bonchev–Trinajstić information content (AvgIpc) is 3.30. The molecule has 2 aromatic carbocycles. The fourth-order valence-corrected chi connectivity index (χ4v) is 4.24. The molecular weight excluding hydrogens is 442 g/mol. The maximum Gasteiger partial charge on any atom is 0.335 e. The Hall–Kier alpha value is -2.87. The van der Waals surface area contributed by atoms with E-state index >= 15 is 0 Å². The lowest BCUT2D eigenvalue weighted by Crippen LogP contribution is -2.26. The zero-order valence-electron chi connectivity index (χ0n) is 15.4. The average molecular weight is 456 g/mol. The predicted octanol–water partition coefficient (Wildman–Crippen LogP) is 6.34. The van der Waals surface area contributed by atoms with Crippen molar-refractivity contribution in [3.05, 3.63) is 87.5 Å². The van der Waals surface area contributed by atoms with Crippen molar-refractivity contribution in [2.45, 2.75) is 6.54 Å². The lowest BCUT2D eigenvalue weighted by atomic mass is 10.1. The van der Waals surface area contributed by atoms with Gasteiger partial charge in [-0.25, -0.2) is 4.79 Å². The van der Waals surface area contributed by atoms with Gasteiger partial charge >= 0.3 is 5.97 Å². The molecule has 1 N–H and O–H groups in total. The van der Waals surface area contributed by atoms with Gasteiger partial charge in [0, 0.05) is 10.6 Å². The molecule has 1 aliphatic heterocycles. The number of carbonyl (C=O) groups is 2. The number of furan rings is 1. The van der Waals surface area contributed by atoms with Crippen molar-refractivity contribution < 1.29 is 19.1 Å². The summed E-state index contributed by atoms with van der Waals surface area (Å²) in [7, 11) is 0. The van der Waals surface area contributed by atoms with Gasteiger partial charge < -0.3 is 9.52 Å². The van der Waals surface area contributed by atoms with Crippen molar-refractivity contribution in [3.8, 4) is 11.3 Å². The minimum atomic E-state index is -0.981. The summed E-state index contributed by atoms with van der Waals surface area (Å²) in [4.78, 5) is 26.0. The van der Waals surface area contributed by atoms with E-state index < -0.39 is 5.97 Å². The molecule has 0 aliphatic carbocycles. The number of thiocarbonyl (C=S) groups is 1. The van der Waals surface area contributed by atoms with Crippen LogP contribution >= 0.6 is 35.6 Å². The summed E-state index contributed by atoms with van der Waals surface area (Å²) in [5.74, 6) is 0.168. The topological polar surface area (TPSA) is 70.8 Å². The summed E-state index contributed by atoms with van der Waals surface area (Å²) in [5.41, 5.74) is 1.90. The van der Waals surface area contributed by atoms with E-state index in [-0.39, 0.29) is 10.8 Å². The van der Waals surface area contributed by atoms with E-state index in [0.717, 1.165) is 22.9 Å². The van der Waals surface area contributed by atoms with Gasteiger partial charge in [0.15, 0.2) is 0 Å². The minimum absolute atomic E-state index is 0.141. The van der Waals surface area contributed by atoms with Gasteiger partial charge in [-0.1, -0.05) is 48.1 Å². The van der Waals surface area contributed by atoms with Gasteiger partial charge in [0.2, 0.25) is 0 Å². The number of aromatic carboxylic acids is 1. The van der Waals surface area contributed by atoms with E-state index in [9.17, 15) is 9.59 Å². The van der Waals surface area contributed by atoms with E-state index in [0.29, 0.717) is 33.0 Å². The lowest BCUT2D eigenvalue weighted by molar-refractivity contribution is 0.0697. The van der Waals surface area contributed by atoms with Crippen LogP contribution in [0.15, 0.2) is 70.0 Å². The number of thioether (sulfide) groups is 1. The monoisotopic (exact) mass is 455 g/mol. The number of halogens is 1. The molecule has 0 bridgehead atoms. The number of carbonyl (C=O) groups excluding carboxylic acids is 1. The number of amides is 1. The second-order valence-electron chi connectivity index (χ2n) is 6.48. The molecule has 1 aromatic heterocycles. The van der Waals surface area contributed by atoms with Gasteiger partial charge in [-0.3, -0.25) is 9.69 Å². The quantitative estimate of drug-likeness (QED) is 0.357. The first-order valence-electron chi connectivity index (χ1n) is 8.84. The Kier molecular flexibility index (Phi) is 5.76. The second-order valence-corrected chi connectivity index (χ2v) is 8.30. The molecule has 8 heteroatoms. The second kappa shape index (κ2) is 8.47. The zero-order valence-corrected chi connectivity index (χ0v) is 17.8. The summed E-state index contributed by atoms with van der Waals surface area (Å²) in [6.07, 6.45) is 1.74. The summed E-state index contributed by atoms with van der Waals surface area (Å²) < 4.78 is 5.84. The Balaban J connectivity index is 1.51. The van der Waals surface area contributed by atoms with Crippen molar-refractivity contribution in [1.82, 2.24) is 4.90 Å². The summed E-state index contributed by atoms with van der Waals surface area (Å²) in [5, 5.41) is 9.49. The highest BCUT2D eigenvalue weighted by Gasteiger charge is 2.32. The highest BCUT2D eigenvalue weighted by molar-refractivity contribution is 8.19. The number of nitrogens with zero attached hydrogens (tertiary/aromatic N) is 1. The van der Waals surface area contributed by atoms with Crippen LogP contribution in [-0.2, 0) is 6.54 Å². The van der Waals surface area contributed by atoms with Crippen LogP contribution in [0.2, 0.25) is 5.02 Å². The third-order valence-corrected chi connectivity index (χ3v) is 6.19. The van der Waals surface area contributed by atoms with Crippen LogP contribution in [-0.4, -0.2) is 26.2 Å². The molecule has 1 fully saturated rings. The lowest BCUT2D eigenvalue weighted by Gasteiger charge is -2.14. The van der Waals surface area contributed by atoms with Crippen LogP contribution in [0.25, 0.3) is 17.4 Å². The fourth-order valence-electron chi connectivity index (χ4n) is 2.90. The zero-order chi connectivity index (χ0) is 21.3. The summed E-state index contributed by atoms with van der Waals surface area (Å²) >= 11 is 12.5. The third kappa shape index (κ3) is 4.33. The van der Waals surface area contributed by atoms with Gasteiger partial charge in [0.25, 0.3) is 5.24 Å². The maximum atomic E-state index is 12.4. The van der Waals surface area contributed by atoms with Crippen LogP contribution < -0.4 is 0 Å². The third-order valence-electron chi connectivity index (χ3n) is 4.44. The smallest absolute Gasteiger partial charge is 0.335 e.